The van der Waals surface area contributed by atoms with Gasteiger partial charge in [-0.15, -0.1) is 0 Å². The van der Waals surface area contributed by atoms with Crippen molar-refractivity contribution in [2.75, 3.05) is 27.2 Å². The fourth-order valence-electron chi connectivity index (χ4n) is 3.19. The lowest BCUT2D eigenvalue weighted by molar-refractivity contribution is -0.134. The van der Waals surface area contributed by atoms with Crippen molar-refractivity contribution < 1.29 is 14.3 Å². The highest BCUT2D eigenvalue weighted by Gasteiger charge is 2.28. The van der Waals surface area contributed by atoms with Gasteiger partial charge in [-0.2, -0.15) is 0 Å². The number of hydrogen-bond acceptors (Lipinski definition) is 3. The van der Waals surface area contributed by atoms with Gasteiger partial charge in [0.25, 0.3) is 5.91 Å². The zero-order chi connectivity index (χ0) is 18.5. The largest absolute Gasteiger partial charge is 0.457 e. The second-order valence-electron chi connectivity index (χ2n) is 6.74. The van der Waals surface area contributed by atoms with Crippen molar-refractivity contribution in [1.29, 1.82) is 0 Å². The maximum atomic E-state index is 12.8. The van der Waals surface area contributed by atoms with E-state index in [2.05, 4.69) is 0 Å². The fraction of sp³-hybridized carbons (Fsp3) is 0.333. The molecule has 0 unspecified atom stereocenters. The van der Waals surface area contributed by atoms with Crippen molar-refractivity contribution >= 4 is 11.8 Å². The van der Waals surface area contributed by atoms with E-state index in [9.17, 15) is 9.59 Å². The predicted molar refractivity (Wildman–Crippen MR) is 100 cm³/mol. The molecule has 0 N–H and O–H groups in total. The predicted octanol–water partition coefficient (Wildman–Crippen LogP) is 3.42. The number of hydrogen-bond donors (Lipinski definition) is 0. The van der Waals surface area contributed by atoms with E-state index in [1.54, 1.807) is 31.1 Å². The molecule has 0 spiro atoms. The molecule has 1 fully saturated rings. The van der Waals surface area contributed by atoms with Crippen molar-refractivity contribution in [1.82, 2.24) is 9.80 Å². The van der Waals surface area contributed by atoms with Gasteiger partial charge in [0.1, 0.15) is 11.5 Å². The molecule has 2 aromatic carbocycles. The van der Waals surface area contributed by atoms with Gasteiger partial charge in [0.15, 0.2) is 0 Å². The normalized spacial score (nSPS) is 14.8. The smallest absolute Gasteiger partial charge is 0.253 e. The van der Waals surface area contributed by atoms with Gasteiger partial charge in [0.2, 0.25) is 5.91 Å². The Morgan fingerprint density at radius 2 is 1.62 bits per heavy atom. The summed E-state index contributed by atoms with van der Waals surface area (Å²) in [5.41, 5.74) is 0.607. The van der Waals surface area contributed by atoms with Gasteiger partial charge in [0.05, 0.1) is 0 Å². The minimum absolute atomic E-state index is 0.0146. The summed E-state index contributed by atoms with van der Waals surface area (Å²) < 4.78 is 5.81. The number of rotatable bonds is 4. The fourth-order valence-corrected chi connectivity index (χ4v) is 3.19. The number of nitrogens with zero attached hydrogens (tertiary/aromatic N) is 2. The highest BCUT2D eigenvalue weighted by atomic mass is 16.5. The van der Waals surface area contributed by atoms with Crippen molar-refractivity contribution in [2.45, 2.75) is 12.8 Å². The van der Waals surface area contributed by atoms with Crippen LogP contribution >= 0.6 is 0 Å². The Bertz CT molecular complexity index is 766. The summed E-state index contributed by atoms with van der Waals surface area (Å²) in [5.74, 6) is 1.52. The second-order valence-corrected chi connectivity index (χ2v) is 6.74. The van der Waals surface area contributed by atoms with Gasteiger partial charge in [0, 0.05) is 38.7 Å². The summed E-state index contributed by atoms with van der Waals surface area (Å²) in [7, 11) is 3.55. The molecule has 0 aromatic heterocycles. The molecular weight excluding hydrogens is 328 g/mol. The van der Waals surface area contributed by atoms with Crippen molar-refractivity contribution in [3.8, 4) is 11.5 Å². The minimum atomic E-state index is -0.0146. The van der Waals surface area contributed by atoms with Gasteiger partial charge in [-0.25, -0.2) is 0 Å². The monoisotopic (exact) mass is 352 g/mol. The van der Waals surface area contributed by atoms with Gasteiger partial charge in [-0.1, -0.05) is 24.3 Å². The third kappa shape index (κ3) is 4.23. The van der Waals surface area contributed by atoms with E-state index in [4.69, 9.17) is 4.74 Å². The minimum Gasteiger partial charge on any atom is -0.457 e. The summed E-state index contributed by atoms with van der Waals surface area (Å²) >= 11 is 0. The quantitative estimate of drug-likeness (QED) is 0.847. The molecule has 0 radical (unpaired) electrons. The van der Waals surface area contributed by atoms with Crippen LogP contribution in [-0.4, -0.2) is 48.8 Å². The highest BCUT2D eigenvalue weighted by Crippen LogP contribution is 2.24. The molecular formula is C21H24N2O3. The standard InChI is InChI=1S/C21H24N2O3/c1-22(2)20(24)16-11-13-23(14-12-16)21(25)17-7-6-10-19(15-17)26-18-8-4-3-5-9-18/h3-10,15-16H,11-14H2,1-2H3. The van der Waals surface area contributed by atoms with Crippen LogP contribution in [0.25, 0.3) is 0 Å². The lowest BCUT2D eigenvalue weighted by atomic mass is 9.95. The van der Waals surface area contributed by atoms with Crippen LogP contribution in [0.15, 0.2) is 54.6 Å². The Kier molecular flexibility index (Phi) is 5.56. The van der Waals surface area contributed by atoms with Gasteiger partial charge in [-0.05, 0) is 43.2 Å². The first-order valence-electron chi connectivity index (χ1n) is 8.88. The number of amides is 2. The van der Waals surface area contributed by atoms with Crippen LogP contribution in [0.5, 0.6) is 11.5 Å². The topological polar surface area (TPSA) is 49.9 Å². The van der Waals surface area contributed by atoms with Crippen LogP contribution in [0.3, 0.4) is 0 Å². The van der Waals surface area contributed by atoms with Crippen LogP contribution < -0.4 is 4.74 Å². The average Bonchev–Trinajstić information content (AvgIpc) is 2.68. The van der Waals surface area contributed by atoms with Gasteiger partial charge < -0.3 is 14.5 Å². The molecule has 0 bridgehead atoms. The Balaban J connectivity index is 1.64. The molecule has 5 nitrogen and oxygen atoms in total. The molecule has 136 valence electrons. The lowest BCUT2D eigenvalue weighted by Crippen LogP contribution is -2.42. The number of ether oxygens (including phenoxy) is 1. The summed E-state index contributed by atoms with van der Waals surface area (Å²) in [6.45, 7) is 1.21. The van der Waals surface area contributed by atoms with E-state index in [0.717, 1.165) is 5.75 Å². The van der Waals surface area contributed by atoms with E-state index in [1.165, 1.54) is 0 Å². The Morgan fingerprint density at radius 3 is 2.27 bits per heavy atom. The molecule has 0 atom stereocenters. The first kappa shape index (κ1) is 18.0. The highest BCUT2D eigenvalue weighted by molar-refractivity contribution is 5.94. The number of carbonyl (C=O) groups is 2. The number of benzene rings is 2. The van der Waals surface area contributed by atoms with Crippen LogP contribution in [-0.2, 0) is 4.79 Å². The first-order chi connectivity index (χ1) is 12.5. The van der Waals surface area contributed by atoms with Gasteiger partial charge in [-0.3, -0.25) is 9.59 Å². The molecule has 26 heavy (non-hydrogen) atoms. The van der Waals surface area contributed by atoms with Crippen molar-refractivity contribution in [2.24, 2.45) is 5.92 Å². The van der Waals surface area contributed by atoms with E-state index in [0.29, 0.717) is 37.2 Å². The van der Waals surface area contributed by atoms with Crippen molar-refractivity contribution in [3.05, 3.63) is 60.2 Å². The summed E-state index contributed by atoms with van der Waals surface area (Å²) in [4.78, 5) is 28.3. The Morgan fingerprint density at radius 1 is 0.962 bits per heavy atom. The molecule has 2 amide bonds. The van der Waals surface area contributed by atoms with Crippen LogP contribution in [0.4, 0.5) is 0 Å². The maximum absolute atomic E-state index is 12.8. The average molecular weight is 352 g/mol. The zero-order valence-electron chi connectivity index (χ0n) is 15.2. The SMILES string of the molecule is CN(C)C(=O)C1CCN(C(=O)c2cccc(Oc3ccccc3)c2)CC1. The second kappa shape index (κ2) is 8.04. The van der Waals surface area contributed by atoms with Crippen LogP contribution in [0.2, 0.25) is 0 Å². The van der Waals surface area contributed by atoms with Crippen molar-refractivity contribution in [3.63, 3.8) is 0 Å². The maximum Gasteiger partial charge on any atom is 0.253 e. The Labute approximate surface area is 154 Å². The molecule has 5 heteroatoms. The third-order valence-electron chi connectivity index (χ3n) is 4.63. The zero-order valence-corrected chi connectivity index (χ0v) is 15.2. The van der Waals surface area contributed by atoms with E-state index >= 15 is 0 Å². The molecule has 2 aromatic rings. The van der Waals surface area contributed by atoms with Crippen LogP contribution in [0, 0.1) is 5.92 Å². The number of para-hydroxylation sites is 1. The molecule has 1 aliphatic heterocycles. The first-order valence-corrected chi connectivity index (χ1v) is 8.88. The van der Waals surface area contributed by atoms with Crippen LogP contribution in [0.1, 0.15) is 23.2 Å². The molecule has 1 aliphatic rings. The summed E-state index contributed by atoms with van der Waals surface area (Å²) in [6.07, 6.45) is 1.42. The molecule has 3 rings (SSSR count). The van der Waals surface area contributed by atoms with E-state index < -0.39 is 0 Å². The molecule has 0 aliphatic carbocycles. The number of piperidine rings is 1. The molecule has 1 heterocycles. The van der Waals surface area contributed by atoms with E-state index in [-0.39, 0.29) is 17.7 Å². The summed E-state index contributed by atoms with van der Waals surface area (Å²) in [5, 5.41) is 0. The number of carbonyl (C=O) groups excluding carboxylic acids is 2. The summed E-state index contributed by atoms with van der Waals surface area (Å²) in [6, 6.07) is 16.7. The lowest BCUT2D eigenvalue weighted by Gasteiger charge is -2.32. The molecule has 0 saturated carbocycles. The number of likely N-dealkylation sites (tertiary alicyclic amines) is 1. The molecule has 1 saturated heterocycles. The van der Waals surface area contributed by atoms with E-state index in [1.807, 2.05) is 47.4 Å². The Hall–Kier alpha value is -2.82. The van der Waals surface area contributed by atoms with Gasteiger partial charge >= 0.3 is 0 Å². The third-order valence-corrected chi connectivity index (χ3v) is 4.63.